The number of nitrogens with one attached hydrogen (secondary N) is 2. The first-order valence-electron chi connectivity index (χ1n) is 11.3. The van der Waals surface area contributed by atoms with Crippen molar-refractivity contribution in [1.82, 2.24) is 19.4 Å². The molecule has 0 bridgehead atoms. The van der Waals surface area contributed by atoms with Crippen LogP contribution in [0, 0.1) is 0 Å². The van der Waals surface area contributed by atoms with Crippen molar-refractivity contribution in [2.75, 3.05) is 18.4 Å². The minimum atomic E-state index is -4.13. The van der Waals surface area contributed by atoms with Gasteiger partial charge in [0.05, 0.1) is 0 Å². The van der Waals surface area contributed by atoms with Gasteiger partial charge < -0.3 is 15.3 Å². The van der Waals surface area contributed by atoms with Gasteiger partial charge in [-0.05, 0) is 73.6 Å². The number of amides is 1. The zero-order valence-electron chi connectivity index (χ0n) is 18.2. The third-order valence-electron chi connectivity index (χ3n) is 6.77. The fourth-order valence-corrected chi connectivity index (χ4v) is 6.19. The molecule has 2 aliphatic carbocycles. The van der Waals surface area contributed by atoms with E-state index in [1.807, 2.05) is 0 Å². The molecule has 2 heterocycles. The Kier molecular flexibility index (Phi) is 5.47. The Labute approximate surface area is 187 Å². The molecule has 0 radical (unpaired) electrons. The van der Waals surface area contributed by atoms with Crippen molar-refractivity contribution in [3.63, 3.8) is 0 Å². The van der Waals surface area contributed by atoms with Crippen molar-refractivity contribution in [3.05, 3.63) is 40.1 Å². The molecule has 1 fully saturated rings. The van der Waals surface area contributed by atoms with E-state index in [1.165, 1.54) is 33.0 Å². The molecule has 1 amide bonds. The van der Waals surface area contributed by atoms with Crippen LogP contribution in [-0.2, 0) is 42.8 Å². The lowest BCUT2D eigenvalue weighted by atomic mass is 9.99. The summed E-state index contributed by atoms with van der Waals surface area (Å²) in [7, 11) is -2.58. The largest absolute Gasteiger partial charge is 0.360 e. The molecule has 1 aromatic heterocycles. The molecule has 1 atom stereocenters. The molecule has 1 aromatic carbocycles. The number of aryl methyl sites for hydroxylation is 3. The van der Waals surface area contributed by atoms with Gasteiger partial charge in [-0.3, -0.25) is 9.48 Å². The van der Waals surface area contributed by atoms with Gasteiger partial charge in [-0.2, -0.15) is 9.82 Å². The van der Waals surface area contributed by atoms with Crippen molar-refractivity contribution in [2.24, 2.45) is 7.05 Å². The Morgan fingerprint density at radius 2 is 1.66 bits per heavy atom. The number of likely N-dealkylation sites (tertiary alicyclic amines) is 1. The van der Waals surface area contributed by atoms with Gasteiger partial charge in [0.15, 0.2) is 11.4 Å². The molecule has 32 heavy (non-hydrogen) atoms. The van der Waals surface area contributed by atoms with Crippen LogP contribution in [0.4, 0.5) is 5.69 Å². The van der Waals surface area contributed by atoms with Crippen LogP contribution in [0.25, 0.3) is 0 Å². The van der Waals surface area contributed by atoms with Gasteiger partial charge in [0.1, 0.15) is 5.69 Å². The third-order valence-corrected chi connectivity index (χ3v) is 8.05. The highest BCUT2D eigenvalue weighted by Gasteiger charge is 2.29. The summed E-state index contributed by atoms with van der Waals surface area (Å²) in [5.41, 5.74) is 6.03. The number of fused-ring (bicyclic) bond motifs is 2. The number of aromatic nitrogens is 2. The van der Waals surface area contributed by atoms with Gasteiger partial charge in [0.25, 0.3) is 15.9 Å². The molecule has 10 heteroatoms. The van der Waals surface area contributed by atoms with E-state index >= 15 is 0 Å². The van der Waals surface area contributed by atoms with Crippen molar-refractivity contribution >= 4 is 21.6 Å². The zero-order chi connectivity index (χ0) is 22.5. The normalized spacial score (nSPS) is 18.6. The van der Waals surface area contributed by atoms with Gasteiger partial charge in [-0.25, -0.2) is 8.42 Å². The molecule has 0 saturated carbocycles. The average molecular weight is 460 g/mol. The molecular weight excluding hydrogens is 430 g/mol. The van der Waals surface area contributed by atoms with Gasteiger partial charge in [-0.15, -0.1) is 0 Å². The number of aliphatic hydroxyl groups is 1. The number of carbonyl (C=O) groups excluding carboxylic acids is 1. The fraction of sp³-hybridized carbons (Fsp3) is 0.545. The SMILES string of the molecule is Cn1nc(S(=O)(=O)NC(O)Nc2c3c(cc4c2CCC4)CCC3)cc1C(=O)N1CCCC1. The second-order valence-electron chi connectivity index (χ2n) is 8.89. The Hall–Kier alpha value is -2.43. The van der Waals surface area contributed by atoms with Crippen LogP contribution in [0.3, 0.4) is 0 Å². The zero-order valence-corrected chi connectivity index (χ0v) is 19.0. The summed E-state index contributed by atoms with van der Waals surface area (Å²) < 4.78 is 29.3. The number of benzene rings is 1. The standard InChI is InChI=1S/C22H29N5O4S/c1-26-18(21(28)27-10-2-3-11-27)13-19(24-26)32(30,31)25-22(29)23-20-16-8-4-6-14(16)12-15-7-5-9-17(15)20/h12-13,22-23,25,29H,2-11H2,1H3. The number of hydrogen-bond donors (Lipinski definition) is 3. The van der Waals surface area contributed by atoms with Gasteiger partial charge in [0, 0.05) is 31.9 Å². The highest BCUT2D eigenvalue weighted by Crippen LogP contribution is 2.38. The molecule has 9 nitrogen and oxygen atoms in total. The van der Waals surface area contributed by atoms with E-state index in [0.717, 1.165) is 57.1 Å². The average Bonchev–Trinajstić information content (AvgIpc) is 3.52. The topological polar surface area (TPSA) is 117 Å². The predicted octanol–water partition coefficient (Wildman–Crippen LogP) is 1.30. The Morgan fingerprint density at radius 1 is 1.03 bits per heavy atom. The van der Waals surface area contributed by atoms with Crippen LogP contribution in [0.5, 0.6) is 0 Å². The quantitative estimate of drug-likeness (QED) is 0.561. The van der Waals surface area contributed by atoms with Crippen LogP contribution in [0.15, 0.2) is 17.2 Å². The maximum absolute atomic E-state index is 12.9. The summed E-state index contributed by atoms with van der Waals surface area (Å²) in [4.78, 5) is 14.4. The van der Waals surface area contributed by atoms with Crippen LogP contribution in [0.2, 0.25) is 0 Å². The molecule has 5 rings (SSSR count). The Balaban J connectivity index is 1.35. The first-order valence-corrected chi connectivity index (χ1v) is 12.8. The number of anilines is 1. The summed E-state index contributed by atoms with van der Waals surface area (Å²) in [6.07, 6.45) is 6.40. The van der Waals surface area contributed by atoms with Crippen LogP contribution < -0.4 is 10.0 Å². The maximum atomic E-state index is 12.9. The van der Waals surface area contributed by atoms with E-state index in [1.54, 1.807) is 11.9 Å². The summed E-state index contributed by atoms with van der Waals surface area (Å²) in [6.45, 7) is 1.33. The molecule has 3 N–H and O–H groups in total. The number of aliphatic hydroxyl groups excluding tert-OH is 1. The van der Waals surface area contributed by atoms with Crippen LogP contribution in [0.1, 0.15) is 58.4 Å². The maximum Gasteiger partial charge on any atom is 0.272 e. The number of nitrogens with zero attached hydrogens (tertiary/aromatic N) is 3. The van der Waals surface area contributed by atoms with Gasteiger partial charge in [-0.1, -0.05) is 6.07 Å². The molecule has 2 aromatic rings. The van der Waals surface area contributed by atoms with E-state index < -0.39 is 16.4 Å². The highest BCUT2D eigenvalue weighted by molar-refractivity contribution is 7.89. The molecule has 1 aliphatic heterocycles. The smallest absolute Gasteiger partial charge is 0.272 e. The molecule has 1 unspecified atom stereocenters. The summed E-state index contributed by atoms with van der Waals surface area (Å²) in [6, 6.07) is 3.55. The lowest BCUT2D eigenvalue weighted by molar-refractivity contribution is 0.0782. The number of sulfonamides is 1. The summed E-state index contributed by atoms with van der Waals surface area (Å²) >= 11 is 0. The highest BCUT2D eigenvalue weighted by atomic mass is 32.2. The first-order chi connectivity index (χ1) is 15.3. The van der Waals surface area contributed by atoms with Crippen LogP contribution >= 0.6 is 0 Å². The van der Waals surface area contributed by atoms with E-state index in [4.69, 9.17) is 0 Å². The monoisotopic (exact) mass is 459 g/mol. The first kappa shape index (κ1) is 21.4. The minimum absolute atomic E-state index is 0.216. The van der Waals surface area contributed by atoms with E-state index in [9.17, 15) is 18.3 Å². The molecule has 172 valence electrons. The lowest BCUT2D eigenvalue weighted by Gasteiger charge is -2.21. The Bertz CT molecular complexity index is 1140. The Morgan fingerprint density at radius 3 is 2.28 bits per heavy atom. The van der Waals surface area contributed by atoms with Crippen molar-refractivity contribution < 1.29 is 18.3 Å². The summed E-state index contributed by atoms with van der Waals surface area (Å²) in [5.74, 6) is -0.229. The van der Waals surface area contributed by atoms with Gasteiger partial charge in [0.2, 0.25) is 0 Å². The second-order valence-corrected chi connectivity index (χ2v) is 10.6. The lowest BCUT2D eigenvalue weighted by Crippen LogP contribution is -2.40. The number of hydrogen-bond acceptors (Lipinski definition) is 6. The van der Waals surface area contributed by atoms with Crippen molar-refractivity contribution in [1.29, 1.82) is 0 Å². The number of carbonyl (C=O) groups is 1. The van der Waals surface area contributed by atoms with Crippen molar-refractivity contribution in [2.45, 2.75) is 62.7 Å². The van der Waals surface area contributed by atoms with Crippen molar-refractivity contribution in [3.8, 4) is 0 Å². The third kappa shape index (κ3) is 3.80. The molecular formula is C22H29N5O4S. The summed E-state index contributed by atoms with van der Waals surface area (Å²) in [5, 5.41) is 17.4. The van der Waals surface area contributed by atoms with E-state index in [-0.39, 0.29) is 16.6 Å². The minimum Gasteiger partial charge on any atom is -0.360 e. The molecule has 1 saturated heterocycles. The van der Waals surface area contributed by atoms with E-state index in [0.29, 0.717) is 13.1 Å². The van der Waals surface area contributed by atoms with E-state index in [2.05, 4.69) is 21.2 Å². The van der Waals surface area contributed by atoms with Crippen LogP contribution in [-0.4, -0.2) is 53.6 Å². The fourth-order valence-electron chi connectivity index (χ4n) is 5.22. The second kappa shape index (κ2) is 8.17. The molecule has 3 aliphatic rings. The number of rotatable bonds is 6. The predicted molar refractivity (Wildman–Crippen MR) is 119 cm³/mol. The molecule has 0 spiro atoms. The van der Waals surface area contributed by atoms with Gasteiger partial charge >= 0.3 is 0 Å².